The van der Waals surface area contributed by atoms with Crippen molar-refractivity contribution in [2.24, 2.45) is 0 Å². The number of carbonyl (C=O) groups excluding carboxylic acids is 1. The number of ether oxygens (including phenoxy) is 1. The zero-order valence-electron chi connectivity index (χ0n) is 19.8. The Morgan fingerprint density at radius 1 is 1.13 bits per heavy atom. The Morgan fingerprint density at radius 3 is 2.55 bits per heavy atom. The Labute approximate surface area is 211 Å². The number of carbonyl (C=O) groups is 1. The highest BCUT2D eigenvalue weighted by molar-refractivity contribution is 6.09. The summed E-state index contributed by atoms with van der Waals surface area (Å²) in [5, 5.41) is 2.67. The fourth-order valence-electron chi connectivity index (χ4n) is 4.28. The van der Waals surface area contributed by atoms with Crippen LogP contribution >= 0.6 is 0 Å². The normalized spacial score (nSPS) is 17.5. The van der Waals surface area contributed by atoms with E-state index in [1.807, 2.05) is 0 Å². The molecule has 4 aromatic heterocycles. The molecule has 0 saturated carbocycles. The first-order valence-electron chi connectivity index (χ1n) is 11.1. The maximum Gasteiger partial charge on any atom is 0.453 e. The molecule has 0 fully saturated rings. The van der Waals surface area contributed by atoms with E-state index in [2.05, 4.69) is 30.2 Å². The number of nitrogens with one attached hydrogen (secondary N) is 1. The van der Waals surface area contributed by atoms with E-state index in [1.165, 1.54) is 36.3 Å². The minimum atomic E-state index is -5.70. The summed E-state index contributed by atoms with van der Waals surface area (Å²) in [6, 6.07) is 3.25. The molecule has 0 bridgehead atoms. The maximum absolute atomic E-state index is 13.6. The molecule has 38 heavy (non-hydrogen) atoms. The molecule has 0 radical (unpaired) electrons. The second-order valence-electron chi connectivity index (χ2n) is 8.76. The van der Waals surface area contributed by atoms with E-state index in [-0.39, 0.29) is 34.5 Å². The first-order chi connectivity index (χ1) is 17.8. The van der Waals surface area contributed by atoms with Gasteiger partial charge >= 0.3 is 12.1 Å². The minimum Gasteiger partial charge on any atom is -0.481 e. The van der Waals surface area contributed by atoms with Gasteiger partial charge in [-0.25, -0.2) is 24.9 Å². The van der Waals surface area contributed by atoms with E-state index in [9.17, 15) is 26.7 Å². The fraction of sp³-hybridized carbons (Fsp3) is 0.304. The van der Waals surface area contributed by atoms with Gasteiger partial charge in [0.25, 0.3) is 0 Å². The van der Waals surface area contributed by atoms with E-state index in [0.717, 1.165) is 0 Å². The summed E-state index contributed by atoms with van der Waals surface area (Å²) < 4.78 is 71.7. The standard InChI is InChI=1S/C23H19F5N8O2/c1-21(11-3-4-14(38-2)31-9-11)15-16(29)33-17(34-18(15)35-20(21)37)13-10-36-8-7-30-19(36)12(32-13)5-6-22(24,25)23(26,27)28/h3-4,7-10H,5-6H2,1-2H3,(H3,29,33,34,35,37). The molecule has 5 rings (SSSR count). The third-order valence-corrected chi connectivity index (χ3v) is 6.41. The Kier molecular flexibility index (Phi) is 5.69. The Balaban J connectivity index is 1.55. The van der Waals surface area contributed by atoms with Gasteiger partial charge in [0.05, 0.1) is 18.4 Å². The largest absolute Gasteiger partial charge is 0.481 e. The highest BCUT2D eigenvalue weighted by Crippen LogP contribution is 2.45. The number of aromatic nitrogens is 6. The van der Waals surface area contributed by atoms with Crippen LogP contribution < -0.4 is 15.8 Å². The fourth-order valence-corrected chi connectivity index (χ4v) is 4.28. The van der Waals surface area contributed by atoms with Gasteiger partial charge in [0.2, 0.25) is 11.8 Å². The van der Waals surface area contributed by atoms with Crippen LogP contribution in [-0.2, 0) is 16.6 Å². The molecular weight excluding hydrogens is 515 g/mol. The number of amides is 1. The van der Waals surface area contributed by atoms with Crippen LogP contribution in [0.3, 0.4) is 0 Å². The van der Waals surface area contributed by atoms with Crippen molar-refractivity contribution >= 4 is 23.2 Å². The lowest BCUT2D eigenvalue weighted by Gasteiger charge is -2.23. The molecule has 3 N–H and O–H groups in total. The number of fused-ring (bicyclic) bond motifs is 2. The summed E-state index contributed by atoms with van der Waals surface area (Å²) in [6.07, 6.45) is -2.22. The molecule has 4 aromatic rings. The highest BCUT2D eigenvalue weighted by Gasteiger charge is 2.56. The second-order valence-corrected chi connectivity index (χ2v) is 8.76. The summed E-state index contributed by atoms with van der Waals surface area (Å²) in [4.78, 5) is 34.1. The zero-order valence-corrected chi connectivity index (χ0v) is 19.8. The molecule has 1 amide bonds. The first-order valence-corrected chi connectivity index (χ1v) is 11.1. The number of halogens is 5. The van der Waals surface area contributed by atoms with Crippen molar-refractivity contribution in [1.82, 2.24) is 29.3 Å². The van der Waals surface area contributed by atoms with Crippen molar-refractivity contribution in [3.05, 3.63) is 53.7 Å². The van der Waals surface area contributed by atoms with Crippen molar-refractivity contribution in [1.29, 1.82) is 0 Å². The van der Waals surface area contributed by atoms with Crippen molar-refractivity contribution in [3.8, 4) is 17.4 Å². The lowest BCUT2D eigenvalue weighted by Crippen LogP contribution is -2.36. The third-order valence-electron chi connectivity index (χ3n) is 6.41. The number of imidazole rings is 1. The van der Waals surface area contributed by atoms with Crippen LogP contribution in [0.2, 0.25) is 0 Å². The van der Waals surface area contributed by atoms with Crippen molar-refractivity contribution in [3.63, 3.8) is 0 Å². The summed E-state index contributed by atoms with van der Waals surface area (Å²) in [5.41, 5.74) is 5.82. The number of nitrogens with two attached hydrogens (primary N) is 1. The quantitative estimate of drug-likeness (QED) is 0.359. The number of aryl methyl sites for hydroxylation is 1. The lowest BCUT2D eigenvalue weighted by atomic mass is 9.78. The van der Waals surface area contributed by atoms with E-state index in [0.29, 0.717) is 17.0 Å². The molecule has 10 nitrogen and oxygen atoms in total. The van der Waals surface area contributed by atoms with Gasteiger partial charge < -0.3 is 20.2 Å². The predicted octanol–water partition coefficient (Wildman–Crippen LogP) is 3.56. The molecule has 1 aliphatic rings. The van der Waals surface area contributed by atoms with Crippen LogP contribution in [0.15, 0.2) is 36.9 Å². The number of methoxy groups -OCH3 is 1. The van der Waals surface area contributed by atoms with Crippen molar-refractivity contribution in [2.45, 2.75) is 37.3 Å². The molecule has 5 heterocycles. The Bertz CT molecular complexity index is 1550. The van der Waals surface area contributed by atoms with Gasteiger partial charge in [0, 0.05) is 37.3 Å². The van der Waals surface area contributed by atoms with Crippen molar-refractivity contribution in [2.75, 3.05) is 18.2 Å². The summed E-state index contributed by atoms with van der Waals surface area (Å²) >= 11 is 0. The number of nitrogen functional groups attached to an aromatic ring is 1. The van der Waals surface area contributed by atoms with Gasteiger partial charge in [0.1, 0.15) is 22.7 Å². The average molecular weight is 534 g/mol. The molecule has 1 aliphatic heterocycles. The summed E-state index contributed by atoms with van der Waals surface area (Å²) in [7, 11) is 1.46. The second kappa shape index (κ2) is 8.56. The smallest absolute Gasteiger partial charge is 0.453 e. The number of pyridine rings is 1. The SMILES string of the molecule is COc1ccc(C2(C)C(=O)Nc3nc(-c4cn5ccnc5c(CCC(F)(F)C(F)(F)F)n4)nc(N)c32)cn1. The lowest BCUT2D eigenvalue weighted by molar-refractivity contribution is -0.284. The molecule has 0 spiro atoms. The monoisotopic (exact) mass is 534 g/mol. The summed E-state index contributed by atoms with van der Waals surface area (Å²) in [6.45, 7) is 1.63. The zero-order chi connectivity index (χ0) is 27.5. The molecular formula is C23H19F5N8O2. The van der Waals surface area contributed by atoms with Crippen LogP contribution in [0.25, 0.3) is 17.2 Å². The Morgan fingerprint density at radius 2 is 1.89 bits per heavy atom. The van der Waals surface area contributed by atoms with Gasteiger partial charge in [-0.05, 0) is 18.9 Å². The molecule has 0 aromatic carbocycles. The van der Waals surface area contributed by atoms with Crippen LogP contribution in [0.1, 0.15) is 30.2 Å². The average Bonchev–Trinajstić information content (AvgIpc) is 3.44. The summed E-state index contributed by atoms with van der Waals surface area (Å²) in [5.74, 6) is -5.02. The number of anilines is 2. The molecule has 0 saturated heterocycles. The van der Waals surface area contributed by atoms with Gasteiger partial charge in [0.15, 0.2) is 11.5 Å². The number of hydrogen-bond donors (Lipinski definition) is 2. The van der Waals surface area contributed by atoms with Gasteiger partial charge in [-0.1, -0.05) is 6.07 Å². The number of alkyl halides is 5. The van der Waals surface area contributed by atoms with Crippen LogP contribution in [0.5, 0.6) is 5.88 Å². The predicted molar refractivity (Wildman–Crippen MR) is 124 cm³/mol. The first kappa shape index (κ1) is 25.2. The van der Waals surface area contributed by atoms with E-state index < -0.39 is 36.3 Å². The van der Waals surface area contributed by atoms with E-state index >= 15 is 0 Å². The third kappa shape index (κ3) is 3.94. The molecule has 198 valence electrons. The number of hydrogen-bond acceptors (Lipinski definition) is 8. The highest BCUT2D eigenvalue weighted by atomic mass is 19.4. The molecule has 1 unspecified atom stereocenters. The number of nitrogens with zero attached hydrogens (tertiary/aromatic N) is 6. The van der Waals surface area contributed by atoms with Crippen LogP contribution in [0, 0.1) is 0 Å². The molecule has 1 atom stereocenters. The minimum absolute atomic E-state index is 0.0318. The van der Waals surface area contributed by atoms with Gasteiger partial charge in [-0.3, -0.25) is 4.79 Å². The van der Waals surface area contributed by atoms with E-state index in [4.69, 9.17) is 10.5 Å². The van der Waals surface area contributed by atoms with Gasteiger partial charge in [-0.2, -0.15) is 22.0 Å². The number of rotatable bonds is 6. The van der Waals surface area contributed by atoms with Gasteiger partial charge in [-0.15, -0.1) is 0 Å². The van der Waals surface area contributed by atoms with E-state index in [1.54, 1.807) is 19.1 Å². The molecule has 15 heteroatoms. The van der Waals surface area contributed by atoms with Crippen molar-refractivity contribution < 1.29 is 31.5 Å². The van der Waals surface area contributed by atoms with Crippen LogP contribution in [0.4, 0.5) is 33.6 Å². The topological polar surface area (TPSA) is 133 Å². The Hall–Kier alpha value is -4.43. The molecule has 0 aliphatic carbocycles. The van der Waals surface area contributed by atoms with Crippen LogP contribution in [-0.4, -0.2) is 54.4 Å². The maximum atomic E-state index is 13.6.